The van der Waals surface area contributed by atoms with Crippen LogP contribution in [0.5, 0.6) is 0 Å². The molecular formula is C48H29N5. The normalized spacial score (nSPS) is 11.8. The number of hydrogen-bond acceptors (Lipinski definition) is 2. The third kappa shape index (κ3) is 4.27. The molecule has 0 bridgehead atoms. The Hall–Kier alpha value is -7.42. The molecule has 0 N–H and O–H groups in total. The molecule has 0 fully saturated rings. The first-order chi connectivity index (χ1) is 26.3. The summed E-state index contributed by atoms with van der Waals surface area (Å²) in [5, 5.41) is 17.4. The van der Waals surface area contributed by atoms with Crippen LogP contribution in [-0.4, -0.2) is 18.7 Å². The summed E-state index contributed by atoms with van der Waals surface area (Å²) in [5.41, 5.74) is 12.4. The fraction of sp³-hybridized carbons (Fsp3) is 0. The van der Waals surface area contributed by atoms with E-state index in [9.17, 15) is 5.26 Å². The number of fused-ring (bicyclic) bond motifs is 10. The van der Waals surface area contributed by atoms with Gasteiger partial charge in [-0.2, -0.15) is 5.26 Å². The second kappa shape index (κ2) is 11.3. The third-order valence-corrected chi connectivity index (χ3v) is 10.7. The second-order valence-electron chi connectivity index (χ2n) is 13.6. The number of rotatable bonds is 4. The van der Waals surface area contributed by atoms with E-state index in [4.69, 9.17) is 0 Å². The lowest BCUT2D eigenvalue weighted by molar-refractivity contribution is 1.16. The molecule has 7 aromatic carbocycles. The Kier molecular flexibility index (Phi) is 6.25. The third-order valence-electron chi connectivity index (χ3n) is 10.7. The molecule has 4 heterocycles. The maximum Gasteiger partial charge on any atom is 0.0992 e. The SMILES string of the molecule is N#Cc1cc(-c2cccc(-n3c4cnccc4c4ccc5c(c6ccccc6n5-c5ccccc5)c43)c2)cc(-n2c3ccccc3c3ccccc32)c1. The number of nitrogens with zero attached hydrogens (tertiary/aromatic N) is 5. The predicted molar refractivity (Wildman–Crippen MR) is 217 cm³/mol. The quantitative estimate of drug-likeness (QED) is 0.186. The van der Waals surface area contributed by atoms with Crippen molar-refractivity contribution >= 4 is 65.4 Å². The Bertz CT molecular complexity index is 3250. The van der Waals surface area contributed by atoms with Crippen molar-refractivity contribution in [3.8, 4) is 34.3 Å². The Morgan fingerprint density at radius 2 is 1.04 bits per heavy atom. The van der Waals surface area contributed by atoms with E-state index in [1.165, 1.54) is 26.9 Å². The van der Waals surface area contributed by atoms with Crippen molar-refractivity contribution < 1.29 is 0 Å². The highest BCUT2D eigenvalue weighted by atomic mass is 15.0. The number of aromatic nitrogens is 4. The minimum atomic E-state index is 0.612. The van der Waals surface area contributed by atoms with Crippen molar-refractivity contribution in [1.29, 1.82) is 5.26 Å². The summed E-state index contributed by atoms with van der Waals surface area (Å²) in [6, 6.07) is 60.2. The molecule has 0 aliphatic heterocycles. The van der Waals surface area contributed by atoms with Gasteiger partial charge in [-0.15, -0.1) is 0 Å². The van der Waals surface area contributed by atoms with Gasteiger partial charge in [0, 0.05) is 55.6 Å². The van der Waals surface area contributed by atoms with E-state index < -0.39 is 0 Å². The van der Waals surface area contributed by atoms with Crippen molar-refractivity contribution in [2.45, 2.75) is 0 Å². The average Bonchev–Trinajstić information content (AvgIpc) is 3.87. The van der Waals surface area contributed by atoms with E-state index in [0.717, 1.165) is 66.7 Å². The smallest absolute Gasteiger partial charge is 0.0992 e. The van der Waals surface area contributed by atoms with Crippen LogP contribution in [0.1, 0.15) is 5.56 Å². The van der Waals surface area contributed by atoms with Gasteiger partial charge < -0.3 is 13.7 Å². The largest absolute Gasteiger partial charge is 0.309 e. The zero-order valence-corrected chi connectivity index (χ0v) is 28.5. The zero-order chi connectivity index (χ0) is 35.0. The molecule has 0 aliphatic rings. The highest BCUT2D eigenvalue weighted by Gasteiger charge is 2.21. The fourth-order valence-electron chi connectivity index (χ4n) is 8.52. The molecule has 0 spiro atoms. The molecule has 4 aromatic heterocycles. The summed E-state index contributed by atoms with van der Waals surface area (Å²) in [6.07, 6.45) is 3.85. The fourth-order valence-corrected chi connectivity index (χ4v) is 8.52. The molecule has 246 valence electrons. The topological polar surface area (TPSA) is 51.5 Å². The Morgan fingerprint density at radius 3 is 1.79 bits per heavy atom. The van der Waals surface area contributed by atoms with Crippen molar-refractivity contribution in [3.63, 3.8) is 0 Å². The van der Waals surface area contributed by atoms with Crippen LogP contribution >= 0.6 is 0 Å². The van der Waals surface area contributed by atoms with Gasteiger partial charge in [0.15, 0.2) is 0 Å². The van der Waals surface area contributed by atoms with Gasteiger partial charge in [-0.05, 0) is 83.9 Å². The first-order valence-electron chi connectivity index (χ1n) is 17.8. The summed E-state index contributed by atoms with van der Waals surface area (Å²) in [7, 11) is 0. The molecule has 5 nitrogen and oxygen atoms in total. The van der Waals surface area contributed by atoms with Crippen LogP contribution in [0.2, 0.25) is 0 Å². The summed E-state index contributed by atoms with van der Waals surface area (Å²) >= 11 is 0. The summed E-state index contributed by atoms with van der Waals surface area (Å²) < 4.78 is 7.01. The van der Waals surface area contributed by atoms with Gasteiger partial charge in [-0.3, -0.25) is 4.98 Å². The number of pyridine rings is 1. The Balaban J connectivity index is 1.18. The van der Waals surface area contributed by atoms with E-state index >= 15 is 0 Å². The molecule has 5 heteroatoms. The Morgan fingerprint density at radius 1 is 0.415 bits per heavy atom. The van der Waals surface area contributed by atoms with Crippen molar-refractivity contribution in [2.75, 3.05) is 0 Å². The lowest BCUT2D eigenvalue weighted by Crippen LogP contribution is -1.97. The monoisotopic (exact) mass is 675 g/mol. The number of hydrogen-bond donors (Lipinski definition) is 0. The van der Waals surface area contributed by atoms with Crippen molar-refractivity contribution in [1.82, 2.24) is 18.7 Å². The molecule has 0 atom stereocenters. The first-order valence-corrected chi connectivity index (χ1v) is 17.8. The maximum atomic E-state index is 10.3. The van der Waals surface area contributed by atoms with Crippen LogP contribution in [-0.2, 0) is 0 Å². The second-order valence-corrected chi connectivity index (χ2v) is 13.6. The first kappa shape index (κ1) is 29.3. The summed E-state index contributed by atoms with van der Waals surface area (Å²) in [5.74, 6) is 0. The lowest BCUT2D eigenvalue weighted by atomic mass is 10.0. The molecule has 0 radical (unpaired) electrons. The van der Waals surface area contributed by atoms with Crippen LogP contribution in [0.25, 0.3) is 93.6 Å². The van der Waals surface area contributed by atoms with Crippen LogP contribution in [0.15, 0.2) is 176 Å². The van der Waals surface area contributed by atoms with Gasteiger partial charge >= 0.3 is 0 Å². The van der Waals surface area contributed by atoms with E-state index in [1.807, 2.05) is 24.5 Å². The molecule has 11 rings (SSSR count). The average molecular weight is 676 g/mol. The van der Waals surface area contributed by atoms with Crippen LogP contribution < -0.4 is 0 Å². The molecular weight excluding hydrogens is 647 g/mol. The number of nitriles is 1. The standard InChI is InChI=1S/C48H29N5/c49-29-31-25-33(28-36(26-31)52-42-18-7-4-15-37(42)38-16-5-8-19-43(38)52)32-11-10-14-35(27-32)53-46-30-50-24-23-39(46)40-21-22-45-47(48(40)53)41-17-6-9-20-44(41)51(45)34-12-2-1-3-13-34/h1-28,30H. The van der Waals surface area contributed by atoms with E-state index in [2.05, 4.69) is 176 Å². The highest BCUT2D eigenvalue weighted by Crippen LogP contribution is 2.42. The van der Waals surface area contributed by atoms with Crippen molar-refractivity contribution in [3.05, 3.63) is 182 Å². The maximum absolute atomic E-state index is 10.3. The van der Waals surface area contributed by atoms with Gasteiger partial charge in [-0.25, -0.2) is 0 Å². The number of benzene rings is 7. The van der Waals surface area contributed by atoms with Crippen LogP contribution in [0.3, 0.4) is 0 Å². The molecule has 0 amide bonds. The predicted octanol–water partition coefficient (Wildman–Crippen LogP) is 11.9. The minimum Gasteiger partial charge on any atom is -0.309 e. The molecule has 0 saturated heterocycles. The lowest BCUT2D eigenvalue weighted by Gasteiger charge is -2.14. The van der Waals surface area contributed by atoms with Gasteiger partial charge in [0.1, 0.15) is 0 Å². The molecule has 0 saturated carbocycles. The van der Waals surface area contributed by atoms with Gasteiger partial charge in [0.2, 0.25) is 0 Å². The van der Waals surface area contributed by atoms with Crippen LogP contribution in [0, 0.1) is 11.3 Å². The zero-order valence-electron chi connectivity index (χ0n) is 28.5. The van der Waals surface area contributed by atoms with E-state index in [1.54, 1.807) is 0 Å². The van der Waals surface area contributed by atoms with Crippen molar-refractivity contribution in [2.24, 2.45) is 0 Å². The molecule has 11 aromatic rings. The Labute approximate surface area is 304 Å². The summed E-state index contributed by atoms with van der Waals surface area (Å²) in [6.45, 7) is 0. The molecule has 0 aliphatic carbocycles. The van der Waals surface area contributed by atoms with E-state index in [-0.39, 0.29) is 0 Å². The minimum absolute atomic E-state index is 0.612. The van der Waals surface area contributed by atoms with Crippen LogP contribution in [0.4, 0.5) is 0 Å². The number of para-hydroxylation sites is 4. The van der Waals surface area contributed by atoms with E-state index in [0.29, 0.717) is 5.56 Å². The highest BCUT2D eigenvalue weighted by molar-refractivity contribution is 6.26. The molecule has 0 unspecified atom stereocenters. The molecule has 53 heavy (non-hydrogen) atoms. The van der Waals surface area contributed by atoms with Gasteiger partial charge in [-0.1, -0.05) is 91.0 Å². The van der Waals surface area contributed by atoms with Gasteiger partial charge in [0.25, 0.3) is 0 Å². The summed E-state index contributed by atoms with van der Waals surface area (Å²) in [4.78, 5) is 4.62. The van der Waals surface area contributed by atoms with Gasteiger partial charge in [0.05, 0.1) is 50.9 Å².